The molecule has 5 amide bonds. The molecule has 12 heteroatoms. The lowest BCUT2D eigenvalue weighted by Crippen LogP contribution is -2.43. The van der Waals surface area contributed by atoms with Gasteiger partial charge in [-0.3, -0.25) is 24.0 Å². The van der Waals surface area contributed by atoms with Gasteiger partial charge in [0.15, 0.2) is 0 Å². The molecule has 3 fully saturated rings. The van der Waals surface area contributed by atoms with E-state index >= 15 is 0 Å². The lowest BCUT2D eigenvalue weighted by atomic mass is 10.0. The molecule has 3 unspecified atom stereocenters. The molecule has 8 rings (SSSR count). The molecule has 314 valence electrons. The SMILES string of the molecule is O=C(CCCCNC(=O)C(NC(=O)C1CC1)c1ccccc1)NCc1ccc(-c2ccc(-c3cnc(C4CCCN4C(=O)C(NC(=O)C4CC4)c4ccccc4)[nH]3)cc2)cc1. The van der Waals surface area contributed by atoms with Crippen molar-refractivity contribution in [1.82, 2.24) is 36.1 Å². The van der Waals surface area contributed by atoms with Crippen molar-refractivity contribution in [3.63, 3.8) is 0 Å². The highest BCUT2D eigenvalue weighted by atomic mass is 16.2. The molecule has 0 radical (unpaired) electrons. The number of hydrogen-bond donors (Lipinski definition) is 5. The molecule has 5 aromatic rings. The number of carbonyl (C=O) groups is 5. The average Bonchev–Trinajstić information content (AvgIpc) is 4.23. The van der Waals surface area contributed by atoms with Crippen molar-refractivity contribution in [2.75, 3.05) is 13.1 Å². The molecule has 0 bridgehead atoms. The molecule has 0 spiro atoms. The van der Waals surface area contributed by atoms with Crippen LogP contribution in [0.15, 0.2) is 115 Å². The van der Waals surface area contributed by atoms with Crippen molar-refractivity contribution in [2.24, 2.45) is 11.8 Å². The minimum Gasteiger partial charge on any atom is -0.354 e. The van der Waals surface area contributed by atoms with Gasteiger partial charge in [-0.2, -0.15) is 0 Å². The zero-order valence-corrected chi connectivity index (χ0v) is 34.3. The maximum atomic E-state index is 14.0. The highest BCUT2D eigenvalue weighted by Crippen LogP contribution is 2.36. The highest BCUT2D eigenvalue weighted by Gasteiger charge is 2.39. The van der Waals surface area contributed by atoms with Gasteiger partial charge in [-0.15, -0.1) is 0 Å². The number of benzene rings is 4. The summed E-state index contributed by atoms with van der Waals surface area (Å²) < 4.78 is 0. The number of rotatable bonds is 18. The average molecular weight is 820 g/mol. The molecule has 2 saturated carbocycles. The van der Waals surface area contributed by atoms with E-state index in [0.717, 1.165) is 83.4 Å². The van der Waals surface area contributed by atoms with Gasteiger partial charge in [0, 0.05) is 37.9 Å². The number of imidazole rings is 1. The Hall–Kier alpha value is -6.56. The molecule has 1 aromatic heterocycles. The van der Waals surface area contributed by atoms with Gasteiger partial charge in [-0.05, 0) is 84.7 Å². The van der Waals surface area contributed by atoms with Crippen LogP contribution in [0.5, 0.6) is 0 Å². The van der Waals surface area contributed by atoms with Crippen molar-refractivity contribution in [3.8, 4) is 22.4 Å². The molecule has 12 nitrogen and oxygen atoms in total. The first-order chi connectivity index (χ1) is 29.8. The molecule has 5 N–H and O–H groups in total. The second-order valence-electron chi connectivity index (χ2n) is 16.4. The molecule has 2 aliphatic carbocycles. The monoisotopic (exact) mass is 819 g/mol. The van der Waals surface area contributed by atoms with Crippen molar-refractivity contribution in [1.29, 1.82) is 0 Å². The van der Waals surface area contributed by atoms with Crippen LogP contribution in [0.3, 0.4) is 0 Å². The maximum absolute atomic E-state index is 14.0. The third-order valence-corrected chi connectivity index (χ3v) is 11.8. The van der Waals surface area contributed by atoms with E-state index < -0.39 is 12.1 Å². The zero-order valence-electron chi connectivity index (χ0n) is 34.3. The molecule has 2 heterocycles. The van der Waals surface area contributed by atoms with Gasteiger partial charge in [-0.25, -0.2) is 4.98 Å². The van der Waals surface area contributed by atoms with E-state index in [2.05, 4.69) is 50.5 Å². The number of nitrogens with zero attached hydrogens (tertiary/aromatic N) is 2. The van der Waals surface area contributed by atoms with E-state index in [1.807, 2.05) is 96.0 Å². The lowest BCUT2D eigenvalue weighted by molar-refractivity contribution is -0.138. The Kier molecular flexibility index (Phi) is 13.0. The molecular weight excluding hydrogens is 767 g/mol. The standard InChI is InChI=1S/C49H53N7O5/c57-42(15-7-8-28-50-48(60)43(36-10-3-1-4-11-36)54-46(58)38-24-25-38)51-30-32-16-18-33(19-17-32)34-20-22-35(23-21-34)40-31-52-45(53-40)41-14-9-29-56(41)49(61)44(37-12-5-2-6-13-37)55-47(59)39-26-27-39/h1-6,10-13,16-23,31,38-39,41,43-44H,7-9,14-15,24-30H2,(H,50,60)(H,51,57)(H,52,53)(H,54,58)(H,55,59). The van der Waals surface area contributed by atoms with Crippen molar-refractivity contribution in [2.45, 2.75) is 82.5 Å². The van der Waals surface area contributed by atoms with E-state index in [9.17, 15) is 24.0 Å². The predicted molar refractivity (Wildman–Crippen MR) is 232 cm³/mol. The van der Waals surface area contributed by atoms with E-state index in [-0.39, 0.29) is 47.4 Å². The number of amides is 5. The zero-order chi connectivity index (χ0) is 42.1. The molecule has 1 aliphatic heterocycles. The van der Waals surface area contributed by atoms with Crippen LogP contribution in [-0.4, -0.2) is 57.5 Å². The molecular formula is C49H53N7O5. The Balaban J connectivity index is 0.787. The second-order valence-corrected chi connectivity index (χ2v) is 16.4. The second kappa shape index (κ2) is 19.2. The summed E-state index contributed by atoms with van der Waals surface area (Å²) in [5.74, 6) is 0.192. The summed E-state index contributed by atoms with van der Waals surface area (Å²) in [5, 5.41) is 11.9. The topological polar surface area (TPSA) is 165 Å². The van der Waals surface area contributed by atoms with Crippen LogP contribution in [0.4, 0.5) is 0 Å². The number of carbonyl (C=O) groups excluding carboxylic acids is 5. The summed E-state index contributed by atoms with van der Waals surface area (Å²) in [4.78, 5) is 74.9. The van der Waals surface area contributed by atoms with Crippen LogP contribution in [0.1, 0.15) is 98.4 Å². The number of H-pyrrole nitrogens is 1. The van der Waals surface area contributed by atoms with E-state index in [4.69, 9.17) is 4.98 Å². The van der Waals surface area contributed by atoms with Crippen LogP contribution < -0.4 is 21.3 Å². The number of aromatic amines is 1. The fourth-order valence-electron chi connectivity index (χ4n) is 7.89. The Bertz CT molecular complexity index is 2300. The first-order valence-corrected chi connectivity index (χ1v) is 21.6. The smallest absolute Gasteiger partial charge is 0.250 e. The van der Waals surface area contributed by atoms with Crippen LogP contribution in [0.2, 0.25) is 0 Å². The van der Waals surface area contributed by atoms with E-state index in [1.165, 1.54) is 0 Å². The minimum absolute atomic E-state index is 0.000948. The summed E-state index contributed by atoms with van der Waals surface area (Å²) in [7, 11) is 0. The van der Waals surface area contributed by atoms with E-state index in [1.54, 1.807) is 0 Å². The Morgan fingerprint density at radius 2 is 1.23 bits per heavy atom. The summed E-state index contributed by atoms with van der Waals surface area (Å²) in [6, 6.07) is 33.4. The largest absolute Gasteiger partial charge is 0.354 e. The molecule has 3 atom stereocenters. The van der Waals surface area contributed by atoms with E-state index in [0.29, 0.717) is 38.9 Å². The van der Waals surface area contributed by atoms with Gasteiger partial charge < -0.3 is 31.2 Å². The molecule has 3 aliphatic rings. The maximum Gasteiger partial charge on any atom is 0.250 e. The van der Waals surface area contributed by atoms with Gasteiger partial charge in [0.25, 0.3) is 0 Å². The van der Waals surface area contributed by atoms with Gasteiger partial charge in [0.2, 0.25) is 29.5 Å². The molecule has 1 saturated heterocycles. The Labute approximate surface area is 356 Å². The molecule has 4 aromatic carbocycles. The Morgan fingerprint density at radius 3 is 1.85 bits per heavy atom. The summed E-state index contributed by atoms with van der Waals surface area (Å²) >= 11 is 0. The van der Waals surface area contributed by atoms with Crippen molar-refractivity contribution >= 4 is 29.5 Å². The van der Waals surface area contributed by atoms with Crippen LogP contribution in [0, 0.1) is 11.8 Å². The minimum atomic E-state index is -0.734. The summed E-state index contributed by atoms with van der Waals surface area (Å²) in [5.41, 5.74) is 6.47. The third kappa shape index (κ3) is 10.6. The predicted octanol–water partition coefficient (Wildman–Crippen LogP) is 6.84. The van der Waals surface area contributed by atoms with Crippen LogP contribution >= 0.6 is 0 Å². The Morgan fingerprint density at radius 1 is 0.656 bits per heavy atom. The lowest BCUT2D eigenvalue weighted by Gasteiger charge is -2.28. The first-order valence-electron chi connectivity index (χ1n) is 21.6. The highest BCUT2D eigenvalue weighted by molar-refractivity contribution is 5.91. The van der Waals surface area contributed by atoms with Gasteiger partial charge >= 0.3 is 0 Å². The van der Waals surface area contributed by atoms with Crippen molar-refractivity contribution < 1.29 is 24.0 Å². The van der Waals surface area contributed by atoms with Crippen molar-refractivity contribution in [3.05, 3.63) is 138 Å². The number of aromatic nitrogens is 2. The number of nitrogens with one attached hydrogen (secondary N) is 5. The van der Waals surface area contributed by atoms with Gasteiger partial charge in [-0.1, -0.05) is 109 Å². The normalized spacial score (nSPS) is 16.9. The fourth-order valence-corrected chi connectivity index (χ4v) is 7.89. The van der Waals surface area contributed by atoms with Gasteiger partial charge in [0.1, 0.15) is 17.9 Å². The third-order valence-electron chi connectivity index (χ3n) is 11.8. The summed E-state index contributed by atoms with van der Waals surface area (Å²) in [6.45, 7) is 1.44. The number of hydrogen-bond acceptors (Lipinski definition) is 6. The van der Waals surface area contributed by atoms with Gasteiger partial charge in [0.05, 0.1) is 17.9 Å². The first kappa shape index (κ1) is 41.2. The molecule has 61 heavy (non-hydrogen) atoms. The van der Waals surface area contributed by atoms with Crippen LogP contribution in [-0.2, 0) is 30.5 Å². The fraction of sp³-hybridized carbons (Fsp3) is 0.347. The van der Waals surface area contributed by atoms with Crippen LogP contribution in [0.25, 0.3) is 22.4 Å². The quantitative estimate of drug-likeness (QED) is 0.0608. The number of unbranched alkanes of at least 4 members (excludes halogenated alkanes) is 1. The summed E-state index contributed by atoms with van der Waals surface area (Å²) in [6.07, 6.45) is 8.54. The number of likely N-dealkylation sites (tertiary alicyclic amines) is 1.